The van der Waals surface area contributed by atoms with Gasteiger partial charge in [-0.05, 0) is 56.4 Å². The van der Waals surface area contributed by atoms with Crippen molar-refractivity contribution in [3.05, 3.63) is 77.6 Å². The van der Waals surface area contributed by atoms with Crippen molar-refractivity contribution in [1.29, 1.82) is 0 Å². The maximum Gasteiger partial charge on any atom is 0.272 e. The van der Waals surface area contributed by atoms with E-state index in [0.29, 0.717) is 30.2 Å². The summed E-state index contributed by atoms with van der Waals surface area (Å²) in [6.07, 6.45) is 10.2. The highest BCUT2D eigenvalue weighted by Crippen LogP contribution is 2.28. The van der Waals surface area contributed by atoms with Gasteiger partial charge in [-0.3, -0.25) is 9.78 Å². The van der Waals surface area contributed by atoms with Crippen LogP contribution in [-0.4, -0.2) is 52.6 Å². The van der Waals surface area contributed by atoms with E-state index in [1.165, 1.54) is 5.56 Å². The normalized spacial score (nSPS) is 14.9. The van der Waals surface area contributed by atoms with Crippen LogP contribution in [0.1, 0.15) is 66.0 Å². The number of hydrogen-bond donors (Lipinski definition) is 0. The molecule has 0 unspecified atom stereocenters. The Morgan fingerprint density at radius 1 is 1.06 bits per heavy atom. The topological polar surface area (TPSA) is 85.2 Å². The van der Waals surface area contributed by atoms with Crippen molar-refractivity contribution in [3.8, 4) is 0 Å². The first-order valence-corrected chi connectivity index (χ1v) is 14.1. The third kappa shape index (κ3) is 6.17. The Morgan fingerprint density at radius 3 is 2.46 bits per heavy atom. The number of piperidine rings is 1. The number of aromatic nitrogens is 3. The van der Waals surface area contributed by atoms with Crippen LogP contribution in [0, 0.1) is 6.92 Å². The molecule has 0 aliphatic carbocycles. The van der Waals surface area contributed by atoms with Gasteiger partial charge in [-0.2, -0.15) is 0 Å². The molecule has 1 aliphatic rings. The zero-order chi connectivity index (χ0) is 24.8. The molecule has 186 valence electrons. The molecule has 3 aromatic rings. The van der Waals surface area contributed by atoms with Gasteiger partial charge in [0.15, 0.2) is 9.84 Å². The summed E-state index contributed by atoms with van der Waals surface area (Å²) in [6.45, 7) is 5.73. The lowest BCUT2D eigenvalue weighted by molar-refractivity contribution is 0.0704. The number of rotatable bonds is 9. The zero-order valence-electron chi connectivity index (χ0n) is 20.6. The second kappa shape index (κ2) is 11.2. The molecule has 1 fully saturated rings. The first-order valence-electron chi connectivity index (χ1n) is 12.4. The molecule has 0 saturated carbocycles. The van der Waals surface area contributed by atoms with E-state index < -0.39 is 9.84 Å². The van der Waals surface area contributed by atoms with Crippen LogP contribution in [0.15, 0.2) is 59.9 Å². The third-order valence-electron chi connectivity index (χ3n) is 6.74. The number of pyridine rings is 1. The predicted molar refractivity (Wildman–Crippen MR) is 136 cm³/mol. The number of nitrogens with zero attached hydrogens (tertiary/aromatic N) is 4. The van der Waals surface area contributed by atoms with Gasteiger partial charge in [0.2, 0.25) is 0 Å². The lowest BCUT2D eigenvalue weighted by atomic mass is 9.95. The number of amides is 1. The van der Waals surface area contributed by atoms with Crippen LogP contribution in [-0.2, 0) is 22.8 Å². The summed E-state index contributed by atoms with van der Waals surface area (Å²) in [5.74, 6) is 1.09. The van der Waals surface area contributed by atoms with Gasteiger partial charge < -0.3 is 9.47 Å². The minimum Gasteiger partial charge on any atom is -0.337 e. The Balaban J connectivity index is 1.33. The standard InChI is InChI=1S/C27H34N4O3S/c1-3-4-5-22-8-11-25(29-20-22)27(32)31-15-12-23(13-16-31)26-28-14-17-30(26)18-19-35(33,34)24-9-6-21(2)7-10-24/h6-11,14,17,20,23H,3-5,12-13,15-16,18-19H2,1-2H3. The summed E-state index contributed by atoms with van der Waals surface area (Å²) in [6, 6.07) is 10.8. The number of aryl methyl sites for hydroxylation is 3. The Morgan fingerprint density at radius 2 is 1.80 bits per heavy atom. The Hall–Kier alpha value is -3.00. The predicted octanol–water partition coefficient (Wildman–Crippen LogP) is 4.42. The van der Waals surface area contributed by atoms with Gasteiger partial charge in [-0.25, -0.2) is 13.4 Å². The lowest BCUT2D eigenvalue weighted by Crippen LogP contribution is -2.38. The highest BCUT2D eigenvalue weighted by atomic mass is 32.2. The van der Waals surface area contributed by atoms with Crippen LogP contribution in [0.2, 0.25) is 0 Å². The average molecular weight is 495 g/mol. The molecule has 1 aromatic carbocycles. The van der Waals surface area contributed by atoms with Gasteiger partial charge in [0, 0.05) is 44.1 Å². The number of benzene rings is 1. The fraction of sp³-hybridized carbons (Fsp3) is 0.444. The second-order valence-electron chi connectivity index (χ2n) is 9.33. The van der Waals surface area contributed by atoms with E-state index in [1.807, 2.05) is 53.0 Å². The molecule has 1 amide bonds. The van der Waals surface area contributed by atoms with Crippen molar-refractivity contribution >= 4 is 15.7 Å². The van der Waals surface area contributed by atoms with Crippen molar-refractivity contribution < 1.29 is 13.2 Å². The minimum absolute atomic E-state index is 0.0245. The Bertz CT molecular complexity index is 1230. The molecule has 1 saturated heterocycles. The number of unbranched alkanes of at least 4 members (excludes halogenated alkanes) is 1. The van der Waals surface area contributed by atoms with Gasteiger partial charge in [0.1, 0.15) is 11.5 Å². The summed E-state index contributed by atoms with van der Waals surface area (Å²) >= 11 is 0. The van der Waals surface area contributed by atoms with Crippen molar-refractivity contribution in [2.24, 2.45) is 0 Å². The molecule has 2 aromatic heterocycles. The van der Waals surface area contributed by atoms with Crippen LogP contribution in [0.5, 0.6) is 0 Å². The molecule has 7 nitrogen and oxygen atoms in total. The van der Waals surface area contributed by atoms with E-state index in [2.05, 4.69) is 16.9 Å². The summed E-state index contributed by atoms with van der Waals surface area (Å²) < 4.78 is 27.5. The van der Waals surface area contributed by atoms with E-state index in [-0.39, 0.29) is 17.6 Å². The summed E-state index contributed by atoms with van der Waals surface area (Å²) in [5, 5.41) is 0. The summed E-state index contributed by atoms with van der Waals surface area (Å²) in [5.41, 5.74) is 2.69. The van der Waals surface area contributed by atoms with E-state index in [1.54, 1.807) is 18.3 Å². The third-order valence-corrected chi connectivity index (χ3v) is 8.45. The van der Waals surface area contributed by atoms with Gasteiger partial charge in [0.05, 0.1) is 10.6 Å². The fourth-order valence-corrected chi connectivity index (χ4v) is 5.76. The van der Waals surface area contributed by atoms with Crippen molar-refractivity contribution in [3.63, 3.8) is 0 Å². The number of likely N-dealkylation sites (tertiary alicyclic amines) is 1. The van der Waals surface area contributed by atoms with E-state index >= 15 is 0 Å². The number of sulfone groups is 1. The molecule has 1 aliphatic heterocycles. The molecular formula is C27H34N4O3S. The van der Waals surface area contributed by atoms with E-state index in [4.69, 9.17) is 0 Å². The highest BCUT2D eigenvalue weighted by molar-refractivity contribution is 7.91. The molecule has 0 spiro atoms. The zero-order valence-corrected chi connectivity index (χ0v) is 21.4. The summed E-state index contributed by atoms with van der Waals surface area (Å²) in [7, 11) is -3.37. The quantitative estimate of drug-likeness (QED) is 0.440. The van der Waals surface area contributed by atoms with Crippen molar-refractivity contribution in [2.75, 3.05) is 18.8 Å². The fourth-order valence-electron chi connectivity index (χ4n) is 4.53. The molecule has 0 N–H and O–H groups in total. The second-order valence-corrected chi connectivity index (χ2v) is 11.4. The van der Waals surface area contributed by atoms with Crippen LogP contribution in [0.4, 0.5) is 0 Å². The van der Waals surface area contributed by atoms with Crippen molar-refractivity contribution in [1.82, 2.24) is 19.4 Å². The number of hydrogen-bond acceptors (Lipinski definition) is 5. The van der Waals surface area contributed by atoms with Crippen LogP contribution in [0.25, 0.3) is 0 Å². The lowest BCUT2D eigenvalue weighted by Gasteiger charge is -2.31. The van der Waals surface area contributed by atoms with Crippen LogP contribution < -0.4 is 0 Å². The number of imidazole rings is 1. The molecule has 0 radical (unpaired) electrons. The Labute approximate surface area is 208 Å². The largest absolute Gasteiger partial charge is 0.337 e. The van der Waals surface area contributed by atoms with Gasteiger partial charge in [-0.1, -0.05) is 37.1 Å². The van der Waals surface area contributed by atoms with Crippen LogP contribution in [0.3, 0.4) is 0 Å². The van der Waals surface area contributed by atoms with E-state index in [0.717, 1.165) is 43.5 Å². The molecule has 0 atom stereocenters. The number of carbonyl (C=O) groups excluding carboxylic acids is 1. The van der Waals surface area contributed by atoms with Gasteiger partial charge in [-0.15, -0.1) is 0 Å². The first-order chi connectivity index (χ1) is 16.9. The molecule has 3 heterocycles. The molecule has 35 heavy (non-hydrogen) atoms. The van der Waals surface area contributed by atoms with Crippen LogP contribution >= 0.6 is 0 Å². The van der Waals surface area contributed by atoms with Gasteiger partial charge in [0.25, 0.3) is 5.91 Å². The highest BCUT2D eigenvalue weighted by Gasteiger charge is 2.28. The smallest absolute Gasteiger partial charge is 0.272 e. The maximum absolute atomic E-state index is 12.9. The maximum atomic E-state index is 12.9. The monoisotopic (exact) mass is 494 g/mol. The minimum atomic E-state index is -3.37. The summed E-state index contributed by atoms with van der Waals surface area (Å²) in [4.78, 5) is 24.1. The molecule has 0 bridgehead atoms. The first kappa shape index (κ1) is 25.1. The number of carbonyl (C=O) groups is 1. The molecular weight excluding hydrogens is 460 g/mol. The molecule has 8 heteroatoms. The van der Waals surface area contributed by atoms with E-state index in [9.17, 15) is 13.2 Å². The van der Waals surface area contributed by atoms with Crippen molar-refractivity contribution in [2.45, 2.75) is 63.3 Å². The average Bonchev–Trinajstić information content (AvgIpc) is 3.35. The SMILES string of the molecule is CCCCc1ccc(C(=O)N2CCC(c3nccn3CCS(=O)(=O)c3ccc(C)cc3)CC2)nc1. The van der Waals surface area contributed by atoms with Gasteiger partial charge >= 0.3 is 0 Å². The Kier molecular flexibility index (Phi) is 8.00. The molecule has 4 rings (SSSR count).